The first-order chi connectivity index (χ1) is 9.21. The lowest BCUT2D eigenvalue weighted by Gasteiger charge is -2.38. The number of nitrogens with one attached hydrogen (secondary N) is 1. The monoisotopic (exact) mass is 284 g/mol. The van der Waals surface area contributed by atoms with Gasteiger partial charge in [0.05, 0.1) is 13.0 Å². The van der Waals surface area contributed by atoms with Gasteiger partial charge in [0.25, 0.3) is 0 Å². The van der Waals surface area contributed by atoms with Crippen LogP contribution in [0, 0.1) is 17.3 Å². The van der Waals surface area contributed by atoms with Crippen LogP contribution in [0.1, 0.15) is 41.0 Å². The summed E-state index contributed by atoms with van der Waals surface area (Å²) < 4.78 is 4.94. The van der Waals surface area contributed by atoms with Gasteiger partial charge in [-0.3, -0.25) is 4.79 Å². The summed E-state index contributed by atoms with van der Waals surface area (Å²) in [4.78, 5) is 14.3. The molecular weight excluding hydrogens is 252 g/mol. The van der Waals surface area contributed by atoms with Crippen LogP contribution in [0.15, 0.2) is 0 Å². The molecule has 0 radical (unpaired) electrons. The van der Waals surface area contributed by atoms with E-state index in [1.807, 2.05) is 0 Å². The van der Waals surface area contributed by atoms with Crippen molar-refractivity contribution >= 4 is 5.97 Å². The quantitative estimate of drug-likeness (QED) is 0.785. The number of hydrogen-bond donors (Lipinski definition) is 1. The van der Waals surface area contributed by atoms with Crippen LogP contribution in [-0.4, -0.2) is 50.2 Å². The Balaban J connectivity index is 2.61. The van der Waals surface area contributed by atoms with Crippen molar-refractivity contribution in [3.63, 3.8) is 0 Å². The molecule has 4 heteroatoms. The highest BCUT2D eigenvalue weighted by atomic mass is 16.5. The predicted molar refractivity (Wildman–Crippen MR) is 82.6 cm³/mol. The molecule has 0 saturated carbocycles. The van der Waals surface area contributed by atoms with Gasteiger partial charge in [0.15, 0.2) is 0 Å². The Morgan fingerprint density at radius 2 is 2.00 bits per heavy atom. The fourth-order valence-corrected chi connectivity index (χ4v) is 2.79. The molecule has 1 saturated heterocycles. The van der Waals surface area contributed by atoms with E-state index in [0.29, 0.717) is 12.0 Å². The Morgan fingerprint density at radius 1 is 1.35 bits per heavy atom. The second kappa shape index (κ2) is 7.41. The van der Waals surface area contributed by atoms with Crippen LogP contribution in [0.3, 0.4) is 0 Å². The molecule has 1 aliphatic heterocycles. The third kappa shape index (κ3) is 6.23. The van der Waals surface area contributed by atoms with Crippen molar-refractivity contribution in [2.24, 2.45) is 17.3 Å². The highest BCUT2D eigenvalue weighted by molar-refractivity contribution is 5.72. The van der Waals surface area contributed by atoms with Gasteiger partial charge in [0.2, 0.25) is 0 Å². The minimum absolute atomic E-state index is 0.00460. The predicted octanol–water partition coefficient (Wildman–Crippen LogP) is 2.14. The number of esters is 1. The molecule has 1 aliphatic rings. The van der Waals surface area contributed by atoms with Gasteiger partial charge in [-0.05, 0) is 17.8 Å². The number of carbonyl (C=O) groups is 1. The Kier molecular flexibility index (Phi) is 6.46. The summed E-state index contributed by atoms with van der Waals surface area (Å²) in [7, 11) is 1.49. The van der Waals surface area contributed by atoms with Crippen molar-refractivity contribution in [2.75, 3.05) is 33.3 Å². The van der Waals surface area contributed by atoms with Gasteiger partial charge in [-0.15, -0.1) is 0 Å². The molecule has 20 heavy (non-hydrogen) atoms. The van der Waals surface area contributed by atoms with Crippen LogP contribution in [0.2, 0.25) is 0 Å². The van der Waals surface area contributed by atoms with E-state index in [9.17, 15) is 4.79 Å². The van der Waals surface area contributed by atoms with Gasteiger partial charge in [-0.1, -0.05) is 34.6 Å². The SMILES string of the molecule is COC(=O)C1CC(NCC(C)(C)C)CN(CC(C)C)C1. The molecule has 1 N–H and O–H groups in total. The van der Waals surface area contributed by atoms with Crippen LogP contribution < -0.4 is 5.32 Å². The van der Waals surface area contributed by atoms with Gasteiger partial charge in [-0.2, -0.15) is 0 Å². The number of methoxy groups -OCH3 is 1. The van der Waals surface area contributed by atoms with E-state index in [2.05, 4.69) is 44.8 Å². The van der Waals surface area contributed by atoms with Gasteiger partial charge in [-0.25, -0.2) is 0 Å². The molecule has 0 amide bonds. The number of nitrogens with zero attached hydrogens (tertiary/aromatic N) is 1. The molecule has 0 bridgehead atoms. The smallest absolute Gasteiger partial charge is 0.310 e. The van der Waals surface area contributed by atoms with E-state index in [4.69, 9.17) is 4.74 Å². The van der Waals surface area contributed by atoms with Crippen LogP contribution in [0.5, 0.6) is 0 Å². The van der Waals surface area contributed by atoms with Gasteiger partial charge < -0.3 is 15.0 Å². The van der Waals surface area contributed by atoms with E-state index in [1.54, 1.807) is 0 Å². The zero-order valence-electron chi connectivity index (χ0n) is 14.0. The molecule has 1 fully saturated rings. The minimum Gasteiger partial charge on any atom is -0.469 e. The van der Waals surface area contributed by atoms with Crippen LogP contribution >= 0.6 is 0 Å². The van der Waals surface area contributed by atoms with Gasteiger partial charge >= 0.3 is 5.97 Å². The van der Waals surface area contributed by atoms with Crippen molar-refractivity contribution in [3.05, 3.63) is 0 Å². The maximum atomic E-state index is 11.9. The van der Waals surface area contributed by atoms with Crippen LogP contribution in [0.25, 0.3) is 0 Å². The van der Waals surface area contributed by atoms with Gasteiger partial charge in [0.1, 0.15) is 0 Å². The largest absolute Gasteiger partial charge is 0.469 e. The molecule has 0 aromatic carbocycles. The maximum absolute atomic E-state index is 11.9. The van der Waals surface area contributed by atoms with Gasteiger partial charge in [0, 0.05) is 32.2 Å². The van der Waals surface area contributed by atoms with Crippen molar-refractivity contribution in [1.29, 1.82) is 0 Å². The Morgan fingerprint density at radius 3 is 2.50 bits per heavy atom. The zero-order chi connectivity index (χ0) is 15.3. The summed E-state index contributed by atoms with van der Waals surface area (Å²) in [5, 5.41) is 3.62. The number of likely N-dealkylation sites (tertiary alicyclic amines) is 1. The lowest BCUT2D eigenvalue weighted by atomic mass is 9.91. The lowest BCUT2D eigenvalue weighted by molar-refractivity contribution is -0.147. The topological polar surface area (TPSA) is 41.6 Å². The molecule has 118 valence electrons. The third-order valence-corrected chi connectivity index (χ3v) is 3.61. The second-order valence-corrected chi connectivity index (χ2v) is 7.71. The Hall–Kier alpha value is -0.610. The maximum Gasteiger partial charge on any atom is 0.310 e. The molecular formula is C16H32N2O2. The third-order valence-electron chi connectivity index (χ3n) is 3.61. The van der Waals surface area contributed by atoms with E-state index < -0.39 is 0 Å². The summed E-state index contributed by atoms with van der Waals surface area (Å²) in [5.41, 5.74) is 0.265. The first-order valence-electron chi connectivity index (χ1n) is 7.75. The van der Waals surface area contributed by atoms with Crippen LogP contribution in [0.4, 0.5) is 0 Å². The summed E-state index contributed by atoms with van der Waals surface area (Å²) in [6.45, 7) is 15.0. The normalized spacial score (nSPS) is 24.9. The van der Waals surface area contributed by atoms with Crippen molar-refractivity contribution in [3.8, 4) is 0 Å². The standard InChI is InChI=1S/C16H32N2O2/c1-12(2)8-18-9-13(15(19)20-6)7-14(10-18)17-11-16(3,4)5/h12-14,17H,7-11H2,1-6H3. The first kappa shape index (κ1) is 17.4. The number of hydrogen-bond acceptors (Lipinski definition) is 4. The molecule has 0 aromatic heterocycles. The fraction of sp³-hybridized carbons (Fsp3) is 0.938. The average molecular weight is 284 g/mol. The van der Waals surface area contributed by atoms with E-state index in [0.717, 1.165) is 32.6 Å². The fourth-order valence-electron chi connectivity index (χ4n) is 2.79. The summed E-state index contributed by atoms with van der Waals surface area (Å²) in [6, 6.07) is 0.380. The summed E-state index contributed by atoms with van der Waals surface area (Å²) in [5.74, 6) is 0.556. The first-order valence-corrected chi connectivity index (χ1v) is 7.75. The second-order valence-electron chi connectivity index (χ2n) is 7.71. The lowest BCUT2D eigenvalue weighted by Crippen LogP contribution is -2.53. The van der Waals surface area contributed by atoms with Crippen molar-refractivity contribution in [1.82, 2.24) is 10.2 Å². The zero-order valence-corrected chi connectivity index (χ0v) is 14.0. The number of rotatable bonds is 5. The summed E-state index contributed by atoms with van der Waals surface area (Å²) >= 11 is 0. The number of piperidine rings is 1. The Bertz CT molecular complexity index is 310. The molecule has 2 atom stereocenters. The molecule has 1 heterocycles. The van der Waals surface area contributed by atoms with E-state index >= 15 is 0 Å². The molecule has 4 nitrogen and oxygen atoms in total. The molecule has 0 aromatic rings. The number of ether oxygens (including phenoxy) is 1. The molecule has 1 rings (SSSR count). The van der Waals surface area contributed by atoms with Crippen molar-refractivity contribution < 1.29 is 9.53 Å². The Labute approximate surface area is 124 Å². The minimum atomic E-state index is -0.0685. The summed E-state index contributed by atoms with van der Waals surface area (Å²) in [6.07, 6.45) is 0.886. The highest BCUT2D eigenvalue weighted by Crippen LogP contribution is 2.20. The number of carbonyl (C=O) groups excluding carboxylic acids is 1. The average Bonchev–Trinajstić information content (AvgIpc) is 2.33. The van der Waals surface area contributed by atoms with E-state index in [-0.39, 0.29) is 17.3 Å². The molecule has 0 spiro atoms. The van der Waals surface area contributed by atoms with Crippen molar-refractivity contribution in [2.45, 2.75) is 47.1 Å². The highest BCUT2D eigenvalue weighted by Gasteiger charge is 2.32. The molecule has 2 unspecified atom stereocenters. The van der Waals surface area contributed by atoms with E-state index in [1.165, 1.54) is 7.11 Å². The van der Waals surface area contributed by atoms with Crippen LogP contribution in [-0.2, 0) is 9.53 Å². The molecule has 0 aliphatic carbocycles.